The molecule has 0 amide bonds. The molecule has 1 N–H and O–H groups in total. The van der Waals surface area contributed by atoms with Crippen LogP contribution in [-0.2, 0) is 7.05 Å². The van der Waals surface area contributed by atoms with E-state index in [0.717, 1.165) is 16.9 Å². The number of aromatic nitrogens is 4. The minimum atomic E-state index is 0.697. The van der Waals surface area contributed by atoms with Crippen LogP contribution >= 0.6 is 0 Å². The van der Waals surface area contributed by atoms with Gasteiger partial charge in [0.05, 0.1) is 17.2 Å². The molecule has 0 atom stereocenters. The zero-order chi connectivity index (χ0) is 11.7. The highest BCUT2D eigenvalue weighted by atomic mass is 15.3. The van der Waals surface area contributed by atoms with E-state index in [-0.39, 0.29) is 0 Å². The Kier molecular flexibility index (Phi) is 2.22. The van der Waals surface area contributed by atoms with E-state index in [9.17, 15) is 0 Å². The summed E-state index contributed by atoms with van der Waals surface area (Å²) in [5, 5.41) is 7.34. The van der Waals surface area contributed by atoms with Crippen LogP contribution in [0, 0.1) is 0 Å². The Bertz CT molecular complexity index is 659. The van der Waals surface area contributed by atoms with Crippen molar-refractivity contribution in [1.29, 1.82) is 0 Å². The molecule has 0 fully saturated rings. The van der Waals surface area contributed by atoms with Crippen molar-refractivity contribution in [3.8, 4) is 0 Å². The normalized spacial score (nSPS) is 10.6. The number of rotatable bonds is 2. The second-order valence-electron chi connectivity index (χ2n) is 3.74. The molecule has 0 aliphatic carbocycles. The molecule has 0 saturated heterocycles. The summed E-state index contributed by atoms with van der Waals surface area (Å²) in [5.74, 6) is 1.46. The van der Waals surface area contributed by atoms with Crippen LogP contribution in [0.2, 0.25) is 0 Å². The summed E-state index contributed by atoms with van der Waals surface area (Å²) in [7, 11) is 1.87. The standard InChI is InChI=1S/C12H11N5/c1-17-7-6-11(16-17)15-12-8-13-9-4-2-3-5-10(9)14-12/h2-8H,1H3,(H,14,15,16). The SMILES string of the molecule is Cn1ccc(Nc2cnc3ccccc3n2)n1. The number of anilines is 2. The van der Waals surface area contributed by atoms with E-state index in [0.29, 0.717) is 5.82 Å². The maximum absolute atomic E-state index is 4.46. The van der Waals surface area contributed by atoms with Gasteiger partial charge in [-0.15, -0.1) is 0 Å². The molecule has 3 rings (SSSR count). The number of nitrogens with zero attached hydrogens (tertiary/aromatic N) is 4. The zero-order valence-corrected chi connectivity index (χ0v) is 9.33. The van der Waals surface area contributed by atoms with E-state index < -0.39 is 0 Å². The number of para-hydroxylation sites is 2. The Morgan fingerprint density at radius 1 is 1.06 bits per heavy atom. The Balaban J connectivity index is 1.95. The maximum Gasteiger partial charge on any atom is 0.153 e. The molecular weight excluding hydrogens is 214 g/mol. The van der Waals surface area contributed by atoms with Crippen LogP contribution in [0.5, 0.6) is 0 Å². The molecule has 0 saturated carbocycles. The molecule has 2 heterocycles. The molecule has 17 heavy (non-hydrogen) atoms. The summed E-state index contributed by atoms with van der Waals surface area (Å²) in [6.45, 7) is 0. The lowest BCUT2D eigenvalue weighted by Gasteiger charge is -2.02. The largest absolute Gasteiger partial charge is 0.322 e. The van der Waals surface area contributed by atoms with Crippen molar-refractivity contribution in [3.63, 3.8) is 0 Å². The summed E-state index contributed by atoms with van der Waals surface area (Å²) in [6, 6.07) is 9.65. The first kappa shape index (κ1) is 9.77. The Labute approximate surface area is 98.1 Å². The first-order chi connectivity index (χ1) is 8.31. The molecule has 3 aromatic rings. The number of aryl methyl sites for hydroxylation is 1. The highest BCUT2D eigenvalue weighted by molar-refractivity contribution is 5.75. The van der Waals surface area contributed by atoms with E-state index in [4.69, 9.17) is 0 Å². The minimum absolute atomic E-state index is 0.697. The van der Waals surface area contributed by atoms with Gasteiger partial charge in [-0.25, -0.2) is 4.98 Å². The van der Waals surface area contributed by atoms with Crippen molar-refractivity contribution in [2.24, 2.45) is 7.05 Å². The van der Waals surface area contributed by atoms with Crippen LogP contribution in [0.1, 0.15) is 0 Å². The van der Waals surface area contributed by atoms with Gasteiger partial charge in [0.15, 0.2) is 11.6 Å². The molecule has 5 heteroatoms. The van der Waals surface area contributed by atoms with Gasteiger partial charge in [0.2, 0.25) is 0 Å². The fraction of sp³-hybridized carbons (Fsp3) is 0.0833. The Morgan fingerprint density at radius 2 is 1.88 bits per heavy atom. The number of hydrogen-bond donors (Lipinski definition) is 1. The molecule has 84 valence electrons. The summed E-state index contributed by atoms with van der Waals surface area (Å²) in [4.78, 5) is 8.78. The van der Waals surface area contributed by atoms with Gasteiger partial charge in [0.1, 0.15) is 0 Å². The van der Waals surface area contributed by atoms with Gasteiger partial charge in [-0.2, -0.15) is 5.10 Å². The van der Waals surface area contributed by atoms with Crippen LogP contribution < -0.4 is 5.32 Å². The molecule has 0 bridgehead atoms. The van der Waals surface area contributed by atoms with Crippen LogP contribution in [0.4, 0.5) is 11.6 Å². The predicted octanol–water partition coefficient (Wildman–Crippen LogP) is 2.11. The van der Waals surface area contributed by atoms with Gasteiger partial charge in [-0.05, 0) is 12.1 Å². The molecule has 5 nitrogen and oxygen atoms in total. The average Bonchev–Trinajstić information content (AvgIpc) is 2.75. The summed E-state index contributed by atoms with van der Waals surface area (Å²) < 4.78 is 1.73. The fourth-order valence-electron chi connectivity index (χ4n) is 1.63. The zero-order valence-electron chi connectivity index (χ0n) is 9.33. The van der Waals surface area contributed by atoms with Crippen LogP contribution in [0.15, 0.2) is 42.7 Å². The van der Waals surface area contributed by atoms with Gasteiger partial charge < -0.3 is 5.32 Å². The third-order valence-electron chi connectivity index (χ3n) is 2.42. The molecule has 0 radical (unpaired) electrons. The molecule has 0 aliphatic rings. The van der Waals surface area contributed by atoms with Gasteiger partial charge in [0, 0.05) is 19.3 Å². The highest BCUT2D eigenvalue weighted by Gasteiger charge is 2.01. The molecule has 1 aromatic carbocycles. The van der Waals surface area contributed by atoms with E-state index in [1.807, 2.05) is 43.6 Å². The fourth-order valence-corrected chi connectivity index (χ4v) is 1.63. The first-order valence-corrected chi connectivity index (χ1v) is 5.30. The lowest BCUT2D eigenvalue weighted by atomic mass is 10.3. The van der Waals surface area contributed by atoms with Crippen LogP contribution in [0.3, 0.4) is 0 Å². The molecule has 0 aliphatic heterocycles. The monoisotopic (exact) mass is 225 g/mol. The lowest BCUT2D eigenvalue weighted by molar-refractivity contribution is 0.771. The number of benzene rings is 1. The number of nitrogens with one attached hydrogen (secondary N) is 1. The molecular formula is C12H11N5. The van der Waals surface area contributed by atoms with E-state index in [1.54, 1.807) is 10.9 Å². The third kappa shape index (κ3) is 1.94. The topological polar surface area (TPSA) is 55.6 Å². The first-order valence-electron chi connectivity index (χ1n) is 5.30. The quantitative estimate of drug-likeness (QED) is 0.725. The number of hydrogen-bond acceptors (Lipinski definition) is 4. The highest BCUT2D eigenvalue weighted by Crippen LogP contribution is 2.14. The predicted molar refractivity (Wildman–Crippen MR) is 66.0 cm³/mol. The smallest absolute Gasteiger partial charge is 0.153 e. The molecule has 0 unspecified atom stereocenters. The Hall–Kier alpha value is -2.43. The summed E-state index contributed by atoms with van der Waals surface area (Å²) >= 11 is 0. The van der Waals surface area contributed by atoms with Crippen LogP contribution in [-0.4, -0.2) is 19.7 Å². The number of fused-ring (bicyclic) bond motifs is 1. The maximum atomic E-state index is 4.46. The van der Waals surface area contributed by atoms with Crippen molar-refractivity contribution in [2.45, 2.75) is 0 Å². The van der Waals surface area contributed by atoms with Gasteiger partial charge in [0.25, 0.3) is 0 Å². The van der Waals surface area contributed by atoms with Gasteiger partial charge >= 0.3 is 0 Å². The summed E-state index contributed by atoms with van der Waals surface area (Å²) in [5.41, 5.74) is 1.76. The molecule has 2 aromatic heterocycles. The van der Waals surface area contributed by atoms with Gasteiger partial charge in [-0.1, -0.05) is 12.1 Å². The Morgan fingerprint density at radius 3 is 2.65 bits per heavy atom. The minimum Gasteiger partial charge on any atom is -0.322 e. The van der Waals surface area contributed by atoms with Crippen molar-refractivity contribution in [3.05, 3.63) is 42.7 Å². The second-order valence-corrected chi connectivity index (χ2v) is 3.74. The average molecular weight is 225 g/mol. The third-order valence-corrected chi connectivity index (χ3v) is 2.42. The molecule has 0 spiro atoms. The van der Waals surface area contributed by atoms with Crippen molar-refractivity contribution in [2.75, 3.05) is 5.32 Å². The van der Waals surface area contributed by atoms with Gasteiger partial charge in [-0.3, -0.25) is 9.67 Å². The second kappa shape index (κ2) is 3.86. The van der Waals surface area contributed by atoms with E-state index in [1.165, 1.54) is 0 Å². The van der Waals surface area contributed by atoms with Crippen molar-refractivity contribution >= 4 is 22.7 Å². The van der Waals surface area contributed by atoms with Crippen molar-refractivity contribution in [1.82, 2.24) is 19.7 Å². The lowest BCUT2D eigenvalue weighted by Crippen LogP contribution is -1.97. The summed E-state index contributed by atoms with van der Waals surface area (Å²) in [6.07, 6.45) is 3.58. The van der Waals surface area contributed by atoms with Crippen LogP contribution in [0.25, 0.3) is 11.0 Å². The van der Waals surface area contributed by atoms with Crippen molar-refractivity contribution < 1.29 is 0 Å². The van der Waals surface area contributed by atoms with E-state index >= 15 is 0 Å². The van der Waals surface area contributed by atoms with E-state index in [2.05, 4.69) is 20.4 Å².